The highest BCUT2D eigenvalue weighted by Crippen LogP contribution is 2.24. The van der Waals surface area contributed by atoms with Crippen LogP contribution in [0.1, 0.15) is 0 Å². The van der Waals surface area contributed by atoms with Crippen LogP contribution in [0.25, 0.3) is 21.9 Å². The Morgan fingerprint density at radius 1 is 0.938 bits per heavy atom. The van der Waals surface area contributed by atoms with E-state index >= 15 is 0 Å². The van der Waals surface area contributed by atoms with Crippen molar-refractivity contribution in [3.63, 3.8) is 0 Å². The van der Waals surface area contributed by atoms with Gasteiger partial charge in [0.2, 0.25) is 15.8 Å². The summed E-state index contributed by atoms with van der Waals surface area (Å²) in [4.78, 5) is 24.9. The molecule has 0 aliphatic carbocycles. The van der Waals surface area contributed by atoms with Crippen LogP contribution >= 0.6 is 0 Å². The van der Waals surface area contributed by atoms with Crippen molar-refractivity contribution in [2.24, 2.45) is 0 Å². The Bertz CT molecular complexity index is 1680. The molecule has 0 atom stereocenters. The predicted octanol–water partition coefficient (Wildman–Crippen LogP) is 3.65. The van der Waals surface area contributed by atoms with Gasteiger partial charge >= 0.3 is 0 Å². The molecule has 0 fully saturated rings. The molecule has 160 valence electrons. The van der Waals surface area contributed by atoms with Crippen molar-refractivity contribution in [3.05, 3.63) is 82.9 Å². The molecule has 3 aromatic heterocycles. The maximum Gasteiger partial charge on any atom is 0.268 e. The maximum atomic E-state index is 14.0. The normalized spacial score (nSPS) is 11.8. The number of aromatic nitrogens is 4. The zero-order valence-corrected chi connectivity index (χ0v) is 16.9. The van der Waals surface area contributed by atoms with Crippen molar-refractivity contribution >= 4 is 43.4 Å². The molecule has 32 heavy (non-hydrogen) atoms. The van der Waals surface area contributed by atoms with Crippen LogP contribution in [0.2, 0.25) is 0 Å². The van der Waals surface area contributed by atoms with E-state index in [-0.39, 0.29) is 17.0 Å². The molecule has 0 radical (unpaired) electrons. The Labute approximate surface area is 178 Å². The van der Waals surface area contributed by atoms with Crippen LogP contribution in [0, 0.1) is 11.6 Å². The number of benzene rings is 2. The van der Waals surface area contributed by atoms with Crippen LogP contribution in [0.5, 0.6) is 0 Å². The molecule has 5 aromatic rings. The van der Waals surface area contributed by atoms with Gasteiger partial charge in [-0.25, -0.2) is 22.2 Å². The van der Waals surface area contributed by atoms with Crippen LogP contribution in [-0.4, -0.2) is 28.4 Å². The summed E-state index contributed by atoms with van der Waals surface area (Å²) in [5, 5.41) is 4.22. The SMILES string of the molecule is O=c1[nH]c2nc(Nc3ccc4[nH]ccc4c3)ncc2cc1S(=O)(=O)c1ccc(F)cc1F. The molecule has 0 unspecified atom stereocenters. The molecule has 0 spiro atoms. The molecule has 0 saturated heterocycles. The Morgan fingerprint density at radius 3 is 2.59 bits per heavy atom. The number of hydrogen-bond acceptors (Lipinski definition) is 6. The molecule has 0 saturated carbocycles. The quantitative estimate of drug-likeness (QED) is 0.357. The second-order valence-electron chi connectivity index (χ2n) is 6.94. The fraction of sp³-hybridized carbons (Fsp3) is 0. The van der Waals surface area contributed by atoms with E-state index in [4.69, 9.17) is 0 Å². The number of hydrogen-bond donors (Lipinski definition) is 3. The minimum Gasteiger partial charge on any atom is -0.361 e. The Balaban J connectivity index is 1.53. The van der Waals surface area contributed by atoms with Crippen molar-refractivity contribution in [2.75, 3.05) is 5.32 Å². The lowest BCUT2D eigenvalue weighted by Crippen LogP contribution is -2.19. The van der Waals surface area contributed by atoms with Crippen molar-refractivity contribution in [1.82, 2.24) is 19.9 Å². The molecule has 0 amide bonds. The van der Waals surface area contributed by atoms with Crippen LogP contribution in [0.3, 0.4) is 0 Å². The number of anilines is 2. The number of H-pyrrole nitrogens is 2. The van der Waals surface area contributed by atoms with E-state index in [1.54, 1.807) is 0 Å². The Morgan fingerprint density at radius 2 is 1.78 bits per heavy atom. The molecule has 11 heteroatoms. The Hall–Kier alpha value is -4.12. The zero-order valence-electron chi connectivity index (χ0n) is 16.1. The van der Waals surface area contributed by atoms with Crippen molar-refractivity contribution < 1.29 is 17.2 Å². The highest BCUT2D eigenvalue weighted by Gasteiger charge is 2.26. The van der Waals surface area contributed by atoms with Crippen LogP contribution in [-0.2, 0) is 9.84 Å². The summed E-state index contributed by atoms with van der Waals surface area (Å²) in [6.07, 6.45) is 3.14. The topological polar surface area (TPSA) is 121 Å². The highest BCUT2D eigenvalue weighted by molar-refractivity contribution is 7.91. The number of nitrogens with one attached hydrogen (secondary N) is 3. The van der Waals surface area contributed by atoms with Gasteiger partial charge in [-0.2, -0.15) is 4.98 Å². The van der Waals surface area contributed by atoms with Gasteiger partial charge in [-0.3, -0.25) is 4.79 Å². The maximum absolute atomic E-state index is 14.0. The lowest BCUT2D eigenvalue weighted by molar-refractivity contribution is 0.548. The predicted molar refractivity (Wildman–Crippen MR) is 114 cm³/mol. The number of nitrogens with zero attached hydrogens (tertiary/aromatic N) is 2. The molecule has 3 heterocycles. The zero-order chi connectivity index (χ0) is 22.5. The highest BCUT2D eigenvalue weighted by atomic mass is 32.2. The number of rotatable bonds is 4. The minimum absolute atomic E-state index is 0.0914. The van der Waals surface area contributed by atoms with E-state index in [1.807, 2.05) is 30.5 Å². The van der Waals surface area contributed by atoms with E-state index in [1.165, 1.54) is 6.20 Å². The van der Waals surface area contributed by atoms with Gasteiger partial charge in [-0.1, -0.05) is 0 Å². The third-order valence-electron chi connectivity index (χ3n) is 4.84. The van der Waals surface area contributed by atoms with Crippen molar-refractivity contribution in [2.45, 2.75) is 9.79 Å². The number of fused-ring (bicyclic) bond motifs is 2. The van der Waals surface area contributed by atoms with E-state index in [0.29, 0.717) is 11.8 Å². The second-order valence-corrected chi connectivity index (χ2v) is 8.83. The number of sulfone groups is 1. The number of pyridine rings is 1. The molecule has 5 rings (SSSR count). The second kappa shape index (κ2) is 7.24. The summed E-state index contributed by atoms with van der Waals surface area (Å²) in [5.74, 6) is -2.04. The summed E-state index contributed by atoms with van der Waals surface area (Å²) in [5.41, 5.74) is 0.781. The number of aromatic amines is 2. The lowest BCUT2D eigenvalue weighted by atomic mass is 10.2. The smallest absolute Gasteiger partial charge is 0.268 e. The summed E-state index contributed by atoms with van der Waals surface area (Å²) in [6.45, 7) is 0. The van der Waals surface area contributed by atoms with E-state index < -0.39 is 36.8 Å². The summed E-state index contributed by atoms with van der Waals surface area (Å²) >= 11 is 0. The van der Waals surface area contributed by atoms with Crippen LogP contribution in [0.15, 0.2) is 75.5 Å². The molecule has 3 N–H and O–H groups in total. The largest absolute Gasteiger partial charge is 0.361 e. The first-order valence-electron chi connectivity index (χ1n) is 9.26. The number of halogens is 2. The molecule has 2 aromatic carbocycles. The third kappa shape index (κ3) is 3.38. The fourth-order valence-corrected chi connectivity index (χ4v) is 4.68. The molecule has 0 aliphatic heterocycles. The van der Waals surface area contributed by atoms with Gasteiger partial charge in [0.15, 0.2) is 0 Å². The molecular weight excluding hydrogens is 440 g/mol. The van der Waals surface area contributed by atoms with Gasteiger partial charge in [0.05, 0.1) is 0 Å². The van der Waals surface area contributed by atoms with Gasteiger partial charge in [-0.05, 0) is 42.5 Å². The summed E-state index contributed by atoms with van der Waals surface area (Å²) in [7, 11) is -4.54. The van der Waals surface area contributed by atoms with Crippen molar-refractivity contribution in [3.8, 4) is 0 Å². The van der Waals surface area contributed by atoms with Gasteiger partial charge < -0.3 is 15.3 Å². The summed E-state index contributed by atoms with van der Waals surface area (Å²) in [6, 6.07) is 10.6. The van der Waals surface area contributed by atoms with E-state index in [0.717, 1.165) is 29.1 Å². The van der Waals surface area contributed by atoms with E-state index in [2.05, 4.69) is 25.3 Å². The van der Waals surface area contributed by atoms with E-state index in [9.17, 15) is 22.0 Å². The van der Waals surface area contributed by atoms with Crippen LogP contribution < -0.4 is 10.9 Å². The molecule has 0 aliphatic rings. The first-order valence-corrected chi connectivity index (χ1v) is 10.7. The van der Waals surface area contributed by atoms with Gasteiger partial charge in [0.25, 0.3) is 5.56 Å². The van der Waals surface area contributed by atoms with Gasteiger partial charge in [0, 0.05) is 40.4 Å². The van der Waals surface area contributed by atoms with Crippen LogP contribution in [0.4, 0.5) is 20.4 Å². The van der Waals surface area contributed by atoms with Crippen molar-refractivity contribution in [1.29, 1.82) is 0 Å². The standard InChI is InChI=1S/C21H13F2N5O3S/c22-13-1-4-17(15(23)9-13)32(30,31)18-8-12-10-25-21(28-19(12)27-20(18)29)26-14-2-3-16-11(7-14)5-6-24-16/h1-10,24H,(H2,25,26,27,28,29). The first-order chi connectivity index (χ1) is 15.3. The molecular formula is C21H13F2N5O3S. The fourth-order valence-electron chi connectivity index (χ4n) is 3.30. The lowest BCUT2D eigenvalue weighted by Gasteiger charge is -2.08. The molecule has 0 bridgehead atoms. The monoisotopic (exact) mass is 453 g/mol. The average molecular weight is 453 g/mol. The molecule has 8 nitrogen and oxygen atoms in total. The first kappa shape index (κ1) is 19.8. The average Bonchev–Trinajstić information content (AvgIpc) is 3.20. The third-order valence-corrected chi connectivity index (χ3v) is 6.63. The van der Waals surface area contributed by atoms with Gasteiger partial charge in [-0.15, -0.1) is 0 Å². The minimum atomic E-state index is -4.54. The Kier molecular flexibility index (Phi) is 4.48. The summed E-state index contributed by atoms with van der Waals surface area (Å²) < 4.78 is 52.8. The van der Waals surface area contributed by atoms with Gasteiger partial charge in [0.1, 0.15) is 27.1 Å².